The van der Waals surface area contributed by atoms with Crippen LogP contribution in [0.4, 0.5) is 4.79 Å². The number of likely N-dealkylation sites (tertiary alicyclic amines) is 1. The number of nitrogens with zero attached hydrogens (tertiary/aromatic N) is 4. The molecule has 3 N–H and O–H groups in total. The number of benzene rings is 1. The minimum atomic E-state index is -1.16. The van der Waals surface area contributed by atoms with Gasteiger partial charge in [0.05, 0.1) is 41.9 Å². The molecule has 0 aliphatic carbocycles. The van der Waals surface area contributed by atoms with Gasteiger partial charge in [-0.1, -0.05) is 116 Å². The summed E-state index contributed by atoms with van der Waals surface area (Å²) in [4.78, 5) is 91.5. The van der Waals surface area contributed by atoms with Crippen LogP contribution in [0.25, 0.3) is 0 Å². The van der Waals surface area contributed by atoms with Gasteiger partial charge in [0.15, 0.2) is 0 Å². The number of pyridine rings is 1. The van der Waals surface area contributed by atoms with Crippen molar-refractivity contribution in [2.45, 2.75) is 147 Å². The van der Waals surface area contributed by atoms with Gasteiger partial charge >= 0.3 is 12.1 Å². The zero-order chi connectivity index (χ0) is 50.8. The number of carbonyl (C=O) groups is 6. The summed E-state index contributed by atoms with van der Waals surface area (Å²) in [5.74, 6) is -4.16. The Morgan fingerprint density at radius 1 is 0.853 bits per heavy atom. The highest BCUT2D eigenvalue weighted by molar-refractivity contribution is 8.76. The van der Waals surface area contributed by atoms with Crippen LogP contribution in [0, 0.1) is 29.6 Å². The van der Waals surface area contributed by atoms with E-state index in [2.05, 4.69) is 29.5 Å². The number of methoxy groups -OCH3 is 2. The summed E-state index contributed by atoms with van der Waals surface area (Å²) < 4.78 is 17.7. The van der Waals surface area contributed by atoms with Gasteiger partial charge in [-0.15, -0.1) is 0 Å². The van der Waals surface area contributed by atoms with Crippen LogP contribution in [0.3, 0.4) is 0 Å². The molecule has 5 amide bonds. The Labute approximate surface area is 412 Å². The second-order valence-electron chi connectivity index (χ2n) is 18.9. The number of likely N-dealkylation sites (N-methyl/N-ethyl adjacent to an activating group) is 2. The number of carboxylic acid groups (broad SMARTS) is 1. The molecule has 1 aromatic carbocycles. The fourth-order valence-electron chi connectivity index (χ4n) is 8.76. The number of aliphatic carboxylic acids is 1. The van der Waals surface area contributed by atoms with Crippen molar-refractivity contribution in [2.24, 2.45) is 29.6 Å². The largest absolute Gasteiger partial charge is 0.480 e. The molecule has 68 heavy (non-hydrogen) atoms. The van der Waals surface area contributed by atoms with E-state index in [1.54, 1.807) is 52.9 Å². The van der Waals surface area contributed by atoms with E-state index in [0.29, 0.717) is 25.8 Å². The first-order valence-electron chi connectivity index (χ1n) is 23.8. The molecule has 0 saturated carbocycles. The fourth-order valence-corrected chi connectivity index (χ4v) is 11.4. The monoisotopic (exact) mass is 987 g/mol. The molecule has 2 aromatic rings. The summed E-state index contributed by atoms with van der Waals surface area (Å²) >= 11 is 0. The van der Waals surface area contributed by atoms with Crippen LogP contribution >= 0.6 is 21.6 Å². The SMILES string of the molecule is CC[C@H](C)[C@@H]([C@@H](CC(=O)N1CCC[C@H]1[C@H](OC)[C@@H](C)C(=O)N[C@@H](Cc1ccccc1)C(=O)O)OC)N(C)C(=O)[C@@H](NC(=O)[C@H](C(C)C)N(C)C(=O)OC[C@H](SSc1ccccn1)C(C)C)C(C)C. The Balaban J connectivity index is 1.75. The summed E-state index contributed by atoms with van der Waals surface area (Å²) in [6, 6.07) is 10.6. The van der Waals surface area contributed by atoms with Gasteiger partial charge in [0.1, 0.15) is 29.8 Å². The van der Waals surface area contributed by atoms with Crippen LogP contribution in [0.5, 0.6) is 0 Å². The van der Waals surface area contributed by atoms with Crippen molar-refractivity contribution in [2.75, 3.05) is 41.5 Å². The molecule has 2 heterocycles. The van der Waals surface area contributed by atoms with E-state index >= 15 is 0 Å². The Bertz CT molecular complexity index is 1910. The van der Waals surface area contributed by atoms with E-state index in [4.69, 9.17) is 14.2 Å². The standard InChI is InChI=1S/C50H78N6O10S2/c1-14-33(8)44(38(64-12)28-41(57)56-26-20-23-37(56)45(65-13)34(9)46(58)52-36(49(61)62)27-35-21-16-15-17-22-35)54(10)48(60)42(31(4)5)53-47(59)43(32(6)7)55(11)50(63)66-29-39(30(2)3)67-68-40-24-18-19-25-51-40/h15-19,21-22,24-25,30-34,36-39,42-45H,14,20,23,26-29H2,1-13H3,(H,52,58)(H,53,59)(H,61,62)/t33-,34+,36-,37-,38+,39-,42-,43-,44-,45+/m0/s1. The number of carbonyl (C=O) groups excluding carboxylic acids is 5. The summed E-state index contributed by atoms with van der Waals surface area (Å²) in [6.07, 6.45) is 1.53. The maximum atomic E-state index is 14.6. The van der Waals surface area contributed by atoms with E-state index in [1.807, 2.05) is 77.9 Å². The van der Waals surface area contributed by atoms with Crippen LogP contribution in [0.15, 0.2) is 59.8 Å². The normalized spacial score (nSPS) is 17.9. The van der Waals surface area contributed by atoms with Crippen molar-refractivity contribution < 1.29 is 48.1 Å². The molecule has 16 nitrogen and oxygen atoms in total. The number of amides is 5. The first-order valence-corrected chi connectivity index (χ1v) is 26.0. The summed E-state index contributed by atoms with van der Waals surface area (Å²) in [5.41, 5.74) is 0.768. The van der Waals surface area contributed by atoms with Gasteiger partial charge < -0.3 is 39.8 Å². The topological polar surface area (TPSA) is 197 Å². The van der Waals surface area contributed by atoms with Crippen molar-refractivity contribution in [3.05, 3.63) is 60.3 Å². The predicted molar refractivity (Wildman–Crippen MR) is 267 cm³/mol. The molecule has 0 unspecified atom stereocenters. The van der Waals surface area contributed by atoms with Gasteiger partial charge in [0.2, 0.25) is 23.6 Å². The molecule has 1 aliphatic heterocycles. The second-order valence-corrected chi connectivity index (χ2v) is 21.4. The van der Waals surface area contributed by atoms with Gasteiger partial charge in [-0.2, -0.15) is 0 Å². The van der Waals surface area contributed by atoms with E-state index in [9.17, 15) is 33.9 Å². The predicted octanol–water partition coefficient (Wildman–Crippen LogP) is 6.81. The lowest BCUT2D eigenvalue weighted by Gasteiger charge is -2.41. The quantitative estimate of drug-likeness (QED) is 0.0791. The molecule has 10 atom stereocenters. The second kappa shape index (κ2) is 28.3. The maximum Gasteiger partial charge on any atom is 0.410 e. The van der Waals surface area contributed by atoms with Gasteiger partial charge in [-0.05, 0) is 65.0 Å². The molecule has 0 bridgehead atoms. The van der Waals surface area contributed by atoms with Gasteiger partial charge in [0.25, 0.3) is 0 Å². The van der Waals surface area contributed by atoms with Gasteiger partial charge in [-0.25, -0.2) is 14.6 Å². The first kappa shape index (κ1) is 57.9. The van der Waals surface area contributed by atoms with Crippen molar-refractivity contribution in [1.82, 2.24) is 30.3 Å². The molecule has 18 heteroatoms. The molecule has 1 fully saturated rings. The average molecular weight is 987 g/mol. The van der Waals surface area contributed by atoms with Crippen molar-refractivity contribution in [3.63, 3.8) is 0 Å². The van der Waals surface area contributed by atoms with Crippen LogP contribution in [0.1, 0.15) is 93.6 Å². The van der Waals surface area contributed by atoms with Gasteiger partial charge in [0, 0.05) is 47.5 Å². The highest BCUT2D eigenvalue weighted by Crippen LogP contribution is 2.36. The van der Waals surface area contributed by atoms with E-state index in [0.717, 1.165) is 10.6 Å². The Hall–Kier alpha value is -4.39. The third-order valence-electron chi connectivity index (χ3n) is 13.0. The Kier molecular flexibility index (Phi) is 24.1. The van der Waals surface area contributed by atoms with Crippen molar-refractivity contribution >= 4 is 57.3 Å². The molecule has 1 aliphatic rings. The molecule has 0 spiro atoms. The van der Waals surface area contributed by atoms with Crippen LogP contribution in [-0.2, 0) is 44.6 Å². The summed E-state index contributed by atoms with van der Waals surface area (Å²) in [6.45, 7) is 17.7. The molecular weight excluding hydrogens is 909 g/mol. The summed E-state index contributed by atoms with van der Waals surface area (Å²) in [5, 5.41) is 16.4. The number of ether oxygens (including phenoxy) is 3. The lowest BCUT2D eigenvalue weighted by molar-refractivity contribution is -0.148. The molecular formula is C50H78N6O10S2. The third-order valence-corrected chi connectivity index (χ3v) is 16.0. The Morgan fingerprint density at radius 3 is 2.06 bits per heavy atom. The number of nitrogens with one attached hydrogen (secondary N) is 2. The molecule has 1 saturated heterocycles. The lowest BCUT2D eigenvalue weighted by atomic mass is 9.89. The zero-order valence-corrected chi connectivity index (χ0v) is 44.0. The lowest BCUT2D eigenvalue weighted by Crippen LogP contribution is -2.60. The minimum absolute atomic E-state index is 0.0411. The van der Waals surface area contributed by atoms with Crippen LogP contribution in [0.2, 0.25) is 0 Å². The molecule has 380 valence electrons. The van der Waals surface area contributed by atoms with Crippen molar-refractivity contribution in [3.8, 4) is 0 Å². The highest BCUT2D eigenvalue weighted by atomic mass is 33.1. The maximum absolute atomic E-state index is 14.6. The number of hydrogen-bond donors (Lipinski definition) is 3. The molecule has 3 rings (SSSR count). The summed E-state index contributed by atoms with van der Waals surface area (Å²) in [7, 11) is 9.27. The fraction of sp³-hybridized carbons (Fsp3) is 0.660. The first-order chi connectivity index (χ1) is 32.2. The van der Waals surface area contributed by atoms with Crippen molar-refractivity contribution in [1.29, 1.82) is 0 Å². The van der Waals surface area contributed by atoms with E-state index < -0.39 is 72.2 Å². The van der Waals surface area contributed by atoms with Crippen LogP contribution in [-0.4, -0.2) is 150 Å². The average Bonchev–Trinajstić information content (AvgIpc) is 3.80. The smallest absolute Gasteiger partial charge is 0.410 e. The number of carboxylic acids is 1. The van der Waals surface area contributed by atoms with Gasteiger partial charge in [-0.3, -0.25) is 24.1 Å². The van der Waals surface area contributed by atoms with E-state index in [-0.39, 0.29) is 60.2 Å². The molecule has 0 radical (unpaired) electrons. The zero-order valence-electron chi connectivity index (χ0n) is 42.4. The number of aromatic nitrogens is 1. The minimum Gasteiger partial charge on any atom is -0.480 e. The third kappa shape index (κ3) is 16.4. The molecule has 1 aromatic heterocycles. The Morgan fingerprint density at radius 2 is 1.51 bits per heavy atom. The van der Waals surface area contributed by atoms with E-state index in [1.165, 1.54) is 37.0 Å². The number of hydrogen-bond acceptors (Lipinski definition) is 12. The number of rotatable bonds is 27. The van der Waals surface area contributed by atoms with Crippen LogP contribution < -0.4 is 10.6 Å². The highest BCUT2D eigenvalue weighted by Gasteiger charge is 2.44.